The summed E-state index contributed by atoms with van der Waals surface area (Å²) >= 11 is 1.82. The summed E-state index contributed by atoms with van der Waals surface area (Å²) in [5, 5.41) is 8.73. The van der Waals surface area contributed by atoms with Gasteiger partial charge in [-0.05, 0) is 80.4 Å². The minimum Gasteiger partial charge on any atom is -0.363 e. The van der Waals surface area contributed by atoms with E-state index in [0.717, 1.165) is 17.8 Å². The van der Waals surface area contributed by atoms with E-state index in [0.29, 0.717) is 6.67 Å². The van der Waals surface area contributed by atoms with Gasteiger partial charge in [-0.2, -0.15) is 0 Å². The average Bonchev–Trinajstić information content (AvgIpc) is 3.69. The molecule has 8 rings (SSSR count). The first-order chi connectivity index (χ1) is 25.6. The lowest BCUT2D eigenvalue weighted by Gasteiger charge is -2.18. The Balaban J connectivity index is 1.15. The zero-order valence-electron chi connectivity index (χ0n) is 29.8. The molecule has 1 atom stereocenters. The maximum atomic E-state index is 5.24. The Morgan fingerprint density at radius 2 is 1.23 bits per heavy atom. The molecule has 2 aromatic heterocycles. The lowest BCUT2D eigenvalue weighted by atomic mass is 10.1. The van der Waals surface area contributed by atoms with E-state index in [1.54, 1.807) is 0 Å². The molecule has 0 aliphatic carbocycles. The second-order valence-corrected chi connectivity index (χ2v) is 14.2. The van der Waals surface area contributed by atoms with Gasteiger partial charge in [0.2, 0.25) is 0 Å². The van der Waals surface area contributed by atoms with Crippen LogP contribution < -0.4 is 5.32 Å². The van der Waals surface area contributed by atoms with Crippen LogP contribution in [0.4, 0.5) is 0 Å². The fraction of sp³-hybridized carbons (Fsp3) is 0.128. The second-order valence-electron chi connectivity index (χ2n) is 13.1. The molecule has 0 aliphatic heterocycles. The van der Waals surface area contributed by atoms with Crippen molar-refractivity contribution in [1.29, 1.82) is 0 Å². The highest BCUT2D eigenvalue weighted by Crippen LogP contribution is 2.39. The third kappa shape index (κ3) is 6.44. The van der Waals surface area contributed by atoms with Crippen molar-refractivity contribution in [2.45, 2.75) is 49.7 Å². The molecule has 0 saturated carbocycles. The van der Waals surface area contributed by atoms with Crippen molar-refractivity contribution in [3.63, 3.8) is 0 Å². The Morgan fingerprint density at radius 1 is 0.673 bits per heavy atom. The van der Waals surface area contributed by atoms with Crippen LogP contribution in [0, 0.1) is 0 Å². The fourth-order valence-electron chi connectivity index (χ4n) is 7.28. The van der Waals surface area contributed by atoms with Crippen LogP contribution in [0.1, 0.15) is 44.4 Å². The topological polar surface area (TPSA) is 34.2 Å². The summed E-state index contributed by atoms with van der Waals surface area (Å²) in [4.78, 5) is 7.67. The summed E-state index contributed by atoms with van der Waals surface area (Å²) < 4.78 is 4.73. The molecule has 52 heavy (non-hydrogen) atoms. The van der Waals surface area contributed by atoms with E-state index in [4.69, 9.17) is 4.99 Å². The lowest BCUT2D eigenvalue weighted by Crippen LogP contribution is -2.28. The number of fused-ring (bicyclic) bond motifs is 6. The molecule has 0 bridgehead atoms. The number of aromatic nitrogens is 2. The van der Waals surface area contributed by atoms with E-state index in [9.17, 15) is 0 Å². The molecule has 0 fully saturated rings. The predicted octanol–water partition coefficient (Wildman–Crippen LogP) is 12.6. The molecule has 256 valence electrons. The Hall–Kier alpha value is -5.78. The van der Waals surface area contributed by atoms with E-state index < -0.39 is 0 Å². The van der Waals surface area contributed by atoms with Crippen LogP contribution >= 0.6 is 11.8 Å². The number of amidine groups is 1. The van der Waals surface area contributed by atoms with Crippen molar-refractivity contribution in [2.24, 2.45) is 4.99 Å². The van der Waals surface area contributed by atoms with E-state index in [-0.39, 0.29) is 6.04 Å². The third-order valence-corrected chi connectivity index (χ3v) is 10.7. The largest absolute Gasteiger partial charge is 0.363 e. The highest BCUT2D eigenvalue weighted by Gasteiger charge is 2.16. The maximum absolute atomic E-state index is 5.24. The Morgan fingerprint density at radius 3 is 1.92 bits per heavy atom. The highest BCUT2D eigenvalue weighted by molar-refractivity contribution is 7.99. The minimum absolute atomic E-state index is 0.108. The van der Waals surface area contributed by atoms with Gasteiger partial charge in [0.1, 0.15) is 12.5 Å². The smallest absolute Gasteiger partial charge is 0.130 e. The molecular formula is C47H42N4S. The third-order valence-electron chi connectivity index (χ3n) is 9.70. The summed E-state index contributed by atoms with van der Waals surface area (Å²) in [5.41, 5.74) is 8.32. The Bertz CT molecular complexity index is 2610. The van der Waals surface area contributed by atoms with E-state index in [2.05, 4.69) is 193 Å². The number of nitrogens with one attached hydrogen (secondary N) is 1. The summed E-state index contributed by atoms with van der Waals surface area (Å²) in [6, 6.07) is 52.3. The molecule has 0 amide bonds. The van der Waals surface area contributed by atoms with Crippen molar-refractivity contribution >= 4 is 66.9 Å². The molecule has 5 heteroatoms. The molecule has 1 unspecified atom stereocenters. The molecule has 1 N–H and O–H groups in total. The maximum Gasteiger partial charge on any atom is 0.130 e. The quantitative estimate of drug-likeness (QED) is 0.0878. The lowest BCUT2D eigenvalue weighted by molar-refractivity contribution is 0.702. The number of nitrogens with zero attached hydrogens (tertiary/aromatic N) is 3. The number of benzene rings is 6. The number of rotatable bonds is 10. The molecule has 4 nitrogen and oxygen atoms in total. The number of hydrogen-bond donors (Lipinski definition) is 1. The van der Waals surface area contributed by atoms with Gasteiger partial charge in [0.15, 0.2) is 0 Å². The van der Waals surface area contributed by atoms with Crippen LogP contribution in [0.15, 0.2) is 179 Å². The van der Waals surface area contributed by atoms with E-state index in [1.165, 1.54) is 64.7 Å². The van der Waals surface area contributed by atoms with E-state index in [1.807, 2.05) is 17.8 Å². The van der Waals surface area contributed by atoms with Crippen molar-refractivity contribution in [1.82, 2.24) is 14.5 Å². The molecule has 0 spiro atoms. The molecular weight excluding hydrogens is 653 g/mol. The van der Waals surface area contributed by atoms with Gasteiger partial charge < -0.3 is 14.5 Å². The first kappa shape index (κ1) is 33.4. The summed E-state index contributed by atoms with van der Waals surface area (Å²) in [7, 11) is 0. The molecule has 8 aromatic rings. The first-order valence-corrected chi connectivity index (χ1v) is 18.9. The number of allylic oxidation sites excluding steroid dienone is 4. The van der Waals surface area contributed by atoms with Gasteiger partial charge >= 0.3 is 0 Å². The van der Waals surface area contributed by atoms with Crippen LogP contribution in [-0.4, -0.2) is 15.0 Å². The summed E-state index contributed by atoms with van der Waals surface area (Å²) in [5.74, 6) is 0.884. The SMILES string of the molecule is C/C=C\C(=C/CC)n1c2ccccc2c2cc(Sc3ccc4c(c3)c3ccccc3n4C/N=C(\NC(C)c3ccccc3)c3ccccc3)ccc21. The van der Waals surface area contributed by atoms with Gasteiger partial charge in [-0.1, -0.05) is 128 Å². The van der Waals surface area contributed by atoms with Gasteiger partial charge in [0.05, 0.1) is 22.1 Å². The van der Waals surface area contributed by atoms with Crippen LogP contribution in [-0.2, 0) is 6.67 Å². The zero-order chi connectivity index (χ0) is 35.4. The fourth-order valence-corrected chi connectivity index (χ4v) is 8.18. The molecule has 0 radical (unpaired) electrons. The highest BCUT2D eigenvalue weighted by atomic mass is 32.2. The van der Waals surface area contributed by atoms with Gasteiger partial charge in [-0.3, -0.25) is 0 Å². The molecule has 0 aliphatic rings. The Kier molecular flexibility index (Phi) is 9.52. The van der Waals surface area contributed by atoms with Crippen LogP contribution in [0.5, 0.6) is 0 Å². The average molecular weight is 695 g/mol. The van der Waals surface area contributed by atoms with Gasteiger partial charge in [-0.15, -0.1) is 0 Å². The Labute approximate surface area is 309 Å². The van der Waals surface area contributed by atoms with E-state index >= 15 is 0 Å². The molecule has 0 saturated heterocycles. The van der Waals surface area contributed by atoms with Gasteiger partial charge in [0.25, 0.3) is 0 Å². The summed E-state index contributed by atoms with van der Waals surface area (Å²) in [6.07, 6.45) is 7.61. The summed E-state index contributed by atoms with van der Waals surface area (Å²) in [6.45, 7) is 6.96. The van der Waals surface area contributed by atoms with Crippen molar-refractivity contribution in [2.75, 3.05) is 0 Å². The van der Waals surface area contributed by atoms with Gasteiger partial charge in [0, 0.05) is 48.6 Å². The van der Waals surface area contributed by atoms with Crippen molar-refractivity contribution < 1.29 is 0 Å². The number of para-hydroxylation sites is 2. The normalized spacial score (nSPS) is 13.2. The number of aliphatic imine (C=N–C) groups is 1. The standard InChI is InChI=1S/C47H42N4S/c1-4-16-36(17-5-2)51-45-25-15-13-23-40(45)42-31-38(27-29-46(42)51)52-37-26-28-44-41(30-37)39-22-12-14-24-43(39)50(44)32-48-47(35-20-10-7-11-21-35)49-33(3)34-18-8-6-9-19-34/h4,6-31,33H,5,32H2,1-3H3,(H,48,49)/b16-4-,36-17+. The number of hydrogen-bond acceptors (Lipinski definition) is 2. The second kappa shape index (κ2) is 14.8. The van der Waals surface area contributed by atoms with Gasteiger partial charge in [-0.25, -0.2) is 4.99 Å². The van der Waals surface area contributed by atoms with Crippen molar-refractivity contribution in [3.8, 4) is 0 Å². The molecule has 6 aromatic carbocycles. The van der Waals surface area contributed by atoms with Crippen LogP contribution in [0.3, 0.4) is 0 Å². The molecule has 2 heterocycles. The van der Waals surface area contributed by atoms with Crippen molar-refractivity contribution in [3.05, 3.63) is 175 Å². The predicted molar refractivity (Wildman–Crippen MR) is 223 cm³/mol. The monoisotopic (exact) mass is 694 g/mol. The zero-order valence-corrected chi connectivity index (χ0v) is 30.6. The van der Waals surface area contributed by atoms with Crippen LogP contribution in [0.25, 0.3) is 49.3 Å². The minimum atomic E-state index is 0.108. The van der Waals surface area contributed by atoms with Crippen LogP contribution in [0.2, 0.25) is 0 Å². The first-order valence-electron chi connectivity index (χ1n) is 18.1.